The average Bonchev–Trinajstić information content (AvgIpc) is 3.22. The SMILES string of the molecule is CCCCCCCCCCCCCCCCCC/C=C/CC/C=C/CCCC(O)C(O)C(CO)NC(=O)C(O)CCCCCCCCCCCCCCCCCC. The van der Waals surface area contributed by atoms with Gasteiger partial charge in [-0.2, -0.15) is 0 Å². The van der Waals surface area contributed by atoms with Crippen molar-refractivity contribution < 1.29 is 25.2 Å². The standard InChI is InChI=1S/C51H99NO5/c1-3-5-7-9-11-13-15-17-19-21-22-23-24-25-26-27-28-29-31-32-34-36-38-40-42-44-48(54)50(56)47(46-53)52-51(57)49(55)45-43-41-39-37-35-33-30-20-18-16-14-12-10-8-6-4-2/h29,31,36,38,47-50,53-56H,3-28,30,32-35,37,39-46H2,1-2H3,(H,52,57)/b31-29+,38-36+. The van der Waals surface area contributed by atoms with Crippen LogP contribution in [-0.2, 0) is 4.79 Å². The molecule has 0 radical (unpaired) electrons. The number of hydrogen-bond acceptors (Lipinski definition) is 5. The Morgan fingerprint density at radius 2 is 0.737 bits per heavy atom. The summed E-state index contributed by atoms with van der Waals surface area (Å²) in [7, 11) is 0. The highest BCUT2D eigenvalue weighted by Crippen LogP contribution is 2.17. The summed E-state index contributed by atoms with van der Waals surface area (Å²) < 4.78 is 0. The second-order valence-electron chi connectivity index (χ2n) is 17.5. The number of aliphatic hydroxyl groups excluding tert-OH is 4. The van der Waals surface area contributed by atoms with Crippen LogP contribution in [0.25, 0.3) is 0 Å². The van der Waals surface area contributed by atoms with Gasteiger partial charge >= 0.3 is 0 Å². The zero-order valence-corrected chi connectivity index (χ0v) is 38.1. The van der Waals surface area contributed by atoms with Gasteiger partial charge in [-0.25, -0.2) is 0 Å². The molecule has 338 valence electrons. The highest BCUT2D eigenvalue weighted by molar-refractivity contribution is 5.80. The molecule has 6 nitrogen and oxygen atoms in total. The molecule has 0 rings (SSSR count). The molecule has 0 bridgehead atoms. The van der Waals surface area contributed by atoms with Crippen molar-refractivity contribution >= 4 is 5.91 Å². The van der Waals surface area contributed by atoms with E-state index < -0.39 is 36.9 Å². The first kappa shape index (κ1) is 55.8. The first-order valence-corrected chi connectivity index (χ1v) is 25.2. The van der Waals surface area contributed by atoms with Crippen molar-refractivity contribution in [2.24, 2.45) is 0 Å². The molecule has 0 spiro atoms. The third-order valence-electron chi connectivity index (χ3n) is 11.9. The lowest BCUT2D eigenvalue weighted by Gasteiger charge is -2.27. The molecule has 0 fully saturated rings. The van der Waals surface area contributed by atoms with Crippen LogP contribution in [0.3, 0.4) is 0 Å². The molecule has 4 unspecified atom stereocenters. The van der Waals surface area contributed by atoms with Crippen LogP contribution < -0.4 is 5.32 Å². The minimum Gasteiger partial charge on any atom is -0.394 e. The van der Waals surface area contributed by atoms with Crippen LogP contribution in [0.15, 0.2) is 24.3 Å². The molecule has 5 N–H and O–H groups in total. The van der Waals surface area contributed by atoms with Crippen LogP contribution in [0, 0.1) is 0 Å². The predicted molar refractivity (Wildman–Crippen MR) is 247 cm³/mol. The number of nitrogens with one attached hydrogen (secondary N) is 1. The summed E-state index contributed by atoms with van der Waals surface area (Å²) in [5, 5.41) is 43.8. The number of rotatable bonds is 46. The largest absolute Gasteiger partial charge is 0.394 e. The van der Waals surface area contributed by atoms with E-state index in [-0.39, 0.29) is 0 Å². The van der Waals surface area contributed by atoms with Crippen molar-refractivity contribution in [1.29, 1.82) is 0 Å². The number of unbranched alkanes of at least 4 members (excludes halogenated alkanes) is 33. The quantitative estimate of drug-likeness (QED) is 0.0311. The van der Waals surface area contributed by atoms with Crippen LogP contribution in [0.4, 0.5) is 0 Å². The monoisotopic (exact) mass is 806 g/mol. The van der Waals surface area contributed by atoms with Gasteiger partial charge in [0.05, 0.1) is 18.8 Å². The molecule has 57 heavy (non-hydrogen) atoms. The Labute approximate surface area is 354 Å². The molecule has 0 aromatic heterocycles. The van der Waals surface area contributed by atoms with Gasteiger partial charge in [0.15, 0.2) is 0 Å². The lowest BCUT2D eigenvalue weighted by atomic mass is 10.00. The van der Waals surface area contributed by atoms with Crippen molar-refractivity contribution in [3.63, 3.8) is 0 Å². The Balaban J connectivity index is 3.71. The van der Waals surface area contributed by atoms with Crippen molar-refractivity contribution in [2.45, 2.75) is 289 Å². The van der Waals surface area contributed by atoms with Gasteiger partial charge in [-0.1, -0.05) is 237 Å². The molecule has 0 saturated heterocycles. The summed E-state index contributed by atoms with van der Waals surface area (Å²) in [5.74, 6) is -0.594. The first-order valence-electron chi connectivity index (χ1n) is 25.2. The van der Waals surface area contributed by atoms with Gasteiger partial charge < -0.3 is 25.7 Å². The van der Waals surface area contributed by atoms with Gasteiger partial charge in [-0.3, -0.25) is 4.79 Å². The first-order chi connectivity index (χ1) is 28.0. The van der Waals surface area contributed by atoms with E-state index in [0.29, 0.717) is 19.3 Å². The zero-order chi connectivity index (χ0) is 41.7. The highest BCUT2D eigenvalue weighted by atomic mass is 16.3. The zero-order valence-electron chi connectivity index (χ0n) is 38.1. The molecule has 0 aliphatic rings. The molecule has 0 aromatic carbocycles. The molecule has 0 aliphatic heterocycles. The Bertz CT molecular complexity index is 863. The molecule has 0 aliphatic carbocycles. The fourth-order valence-electron chi connectivity index (χ4n) is 7.89. The minimum absolute atomic E-state index is 0.364. The van der Waals surface area contributed by atoms with Crippen molar-refractivity contribution in [2.75, 3.05) is 6.61 Å². The smallest absolute Gasteiger partial charge is 0.249 e. The van der Waals surface area contributed by atoms with E-state index in [2.05, 4.69) is 43.5 Å². The topological polar surface area (TPSA) is 110 Å². The maximum atomic E-state index is 12.5. The fraction of sp³-hybridized carbons (Fsp3) is 0.902. The number of carbonyl (C=O) groups is 1. The van der Waals surface area contributed by atoms with Gasteiger partial charge in [0, 0.05) is 0 Å². The molecule has 6 heteroatoms. The van der Waals surface area contributed by atoms with Gasteiger partial charge in [0.25, 0.3) is 0 Å². The predicted octanol–water partition coefficient (Wildman–Crippen LogP) is 13.9. The summed E-state index contributed by atoms with van der Waals surface area (Å²) in [6.45, 7) is 4.06. The van der Waals surface area contributed by atoms with Crippen molar-refractivity contribution in [3.8, 4) is 0 Å². The maximum absolute atomic E-state index is 12.5. The summed E-state index contributed by atoms with van der Waals surface area (Å²) in [6.07, 6.45) is 53.7. The summed E-state index contributed by atoms with van der Waals surface area (Å²) in [5.41, 5.74) is 0. The van der Waals surface area contributed by atoms with E-state index in [1.54, 1.807) is 0 Å². The Kier molecular flexibility index (Phi) is 44.9. The van der Waals surface area contributed by atoms with Gasteiger partial charge in [-0.15, -0.1) is 0 Å². The van der Waals surface area contributed by atoms with Crippen LogP contribution in [-0.4, -0.2) is 57.3 Å². The third-order valence-corrected chi connectivity index (χ3v) is 11.9. The summed E-state index contributed by atoms with van der Waals surface area (Å²) in [6, 6.07) is -1.01. The highest BCUT2D eigenvalue weighted by Gasteiger charge is 2.28. The lowest BCUT2D eigenvalue weighted by Crippen LogP contribution is -2.53. The minimum atomic E-state index is -1.29. The van der Waals surface area contributed by atoms with E-state index in [9.17, 15) is 25.2 Å². The molecular formula is C51H99NO5. The fourth-order valence-corrected chi connectivity index (χ4v) is 7.89. The maximum Gasteiger partial charge on any atom is 0.249 e. The number of amides is 1. The third kappa shape index (κ3) is 40.0. The van der Waals surface area contributed by atoms with Crippen molar-refractivity contribution in [1.82, 2.24) is 5.32 Å². The molecule has 1 amide bonds. The Hall–Kier alpha value is -1.21. The summed E-state index contributed by atoms with van der Waals surface area (Å²) in [4.78, 5) is 12.5. The molecule has 0 aromatic rings. The second kappa shape index (κ2) is 45.9. The van der Waals surface area contributed by atoms with E-state index >= 15 is 0 Å². The van der Waals surface area contributed by atoms with E-state index in [0.717, 1.165) is 38.5 Å². The summed E-state index contributed by atoms with van der Waals surface area (Å²) >= 11 is 0. The number of carbonyl (C=O) groups excluding carboxylic acids is 1. The molecular weight excluding hydrogens is 707 g/mol. The van der Waals surface area contributed by atoms with Crippen LogP contribution in [0.2, 0.25) is 0 Å². The van der Waals surface area contributed by atoms with Crippen molar-refractivity contribution in [3.05, 3.63) is 24.3 Å². The second-order valence-corrected chi connectivity index (χ2v) is 17.5. The van der Waals surface area contributed by atoms with Crippen LogP contribution in [0.5, 0.6) is 0 Å². The van der Waals surface area contributed by atoms with E-state index in [1.165, 1.54) is 193 Å². The van der Waals surface area contributed by atoms with Gasteiger partial charge in [-0.05, 0) is 51.4 Å². The molecule has 0 heterocycles. The molecule has 4 atom stereocenters. The van der Waals surface area contributed by atoms with E-state index in [1.807, 2.05) is 0 Å². The van der Waals surface area contributed by atoms with Gasteiger partial charge in [0.1, 0.15) is 12.2 Å². The van der Waals surface area contributed by atoms with Crippen LogP contribution in [0.1, 0.15) is 264 Å². The Morgan fingerprint density at radius 3 is 1.11 bits per heavy atom. The van der Waals surface area contributed by atoms with Crippen LogP contribution >= 0.6 is 0 Å². The number of allylic oxidation sites excluding steroid dienone is 4. The normalized spacial score (nSPS) is 14.1. The number of aliphatic hydroxyl groups is 4. The lowest BCUT2D eigenvalue weighted by molar-refractivity contribution is -0.132. The Morgan fingerprint density at radius 1 is 0.421 bits per heavy atom. The average molecular weight is 806 g/mol. The van der Waals surface area contributed by atoms with E-state index in [4.69, 9.17) is 0 Å². The van der Waals surface area contributed by atoms with Gasteiger partial charge in [0.2, 0.25) is 5.91 Å². The molecule has 0 saturated carbocycles. The number of hydrogen-bond donors (Lipinski definition) is 5.